The van der Waals surface area contributed by atoms with Crippen LogP contribution in [0.25, 0.3) is 11.4 Å². The number of benzene rings is 1. The lowest BCUT2D eigenvalue weighted by Gasteiger charge is -2.00. The van der Waals surface area contributed by atoms with Crippen LogP contribution in [0.3, 0.4) is 0 Å². The minimum atomic E-state index is 0.777. The van der Waals surface area contributed by atoms with E-state index in [0.717, 1.165) is 23.6 Å². The van der Waals surface area contributed by atoms with E-state index in [1.807, 2.05) is 6.92 Å². The summed E-state index contributed by atoms with van der Waals surface area (Å²) in [7, 11) is 0. The summed E-state index contributed by atoms with van der Waals surface area (Å²) in [5.41, 5.74) is 2.46. The van der Waals surface area contributed by atoms with Crippen LogP contribution in [0.5, 0.6) is 0 Å². The Morgan fingerprint density at radius 1 is 1.19 bits per heavy atom. The lowest BCUT2D eigenvalue weighted by Crippen LogP contribution is -1.86. The highest BCUT2D eigenvalue weighted by Gasteiger charge is 2.02. The molecule has 3 nitrogen and oxygen atoms in total. The summed E-state index contributed by atoms with van der Waals surface area (Å²) < 4.78 is 0. The van der Waals surface area contributed by atoms with Crippen LogP contribution in [0.15, 0.2) is 24.3 Å². The van der Waals surface area contributed by atoms with Gasteiger partial charge in [-0.15, -0.1) is 0 Å². The number of rotatable bonds is 4. The number of aryl methyl sites for hydroxylation is 2. The molecule has 0 aliphatic rings. The van der Waals surface area contributed by atoms with E-state index >= 15 is 0 Å². The van der Waals surface area contributed by atoms with Crippen LogP contribution in [0.1, 0.15) is 31.2 Å². The minimum Gasteiger partial charge on any atom is -0.263 e. The average molecular weight is 215 g/mol. The van der Waals surface area contributed by atoms with Crippen LogP contribution < -0.4 is 0 Å². The maximum atomic E-state index is 4.31. The van der Waals surface area contributed by atoms with Crippen molar-refractivity contribution in [2.24, 2.45) is 0 Å². The lowest BCUT2D eigenvalue weighted by molar-refractivity contribution is 0.795. The minimum absolute atomic E-state index is 0.777. The van der Waals surface area contributed by atoms with Gasteiger partial charge in [0.05, 0.1) is 0 Å². The van der Waals surface area contributed by atoms with Crippen LogP contribution >= 0.6 is 0 Å². The highest BCUT2D eigenvalue weighted by molar-refractivity contribution is 5.54. The SMILES string of the molecule is CCCCc1ccc(-c2n[nH]c(C)n2)cc1. The molecule has 2 rings (SSSR count). The molecule has 1 aromatic carbocycles. The van der Waals surface area contributed by atoms with Gasteiger partial charge in [-0.05, 0) is 25.3 Å². The van der Waals surface area contributed by atoms with Crippen molar-refractivity contribution in [1.29, 1.82) is 0 Å². The molecule has 0 bridgehead atoms. The van der Waals surface area contributed by atoms with Gasteiger partial charge >= 0.3 is 0 Å². The topological polar surface area (TPSA) is 41.6 Å². The molecule has 0 saturated heterocycles. The Labute approximate surface area is 95.9 Å². The maximum absolute atomic E-state index is 4.31. The third-order valence-corrected chi connectivity index (χ3v) is 2.63. The van der Waals surface area contributed by atoms with Gasteiger partial charge in [-0.25, -0.2) is 4.98 Å². The van der Waals surface area contributed by atoms with E-state index in [2.05, 4.69) is 46.4 Å². The average Bonchev–Trinajstić information content (AvgIpc) is 2.74. The molecule has 0 spiro atoms. The Bertz CT molecular complexity index is 442. The summed E-state index contributed by atoms with van der Waals surface area (Å²) in [6.45, 7) is 4.12. The molecule has 0 saturated carbocycles. The first-order chi connectivity index (χ1) is 7.79. The number of aromatic nitrogens is 3. The Balaban J connectivity index is 2.13. The maximum Gasteiger partial charge on any atom is 0.181 e. The van der Waals surface area contributed by atoms with Gasteiger partial charge in [0.1, 0.15) is 5.82 Å². The largest absolute Gasteiger partial charge is 0.263 e. The van der Waals surface area contributed by atoms with E-state index in [4.69, 9.17) is 0 Å². The lowest BCUT2D eigenvalue weighted by atomic mass is 10.1. The van der Waals surface area contributed by atoms with Crippen molar-refractivity contribution in [2.45, 2.75) is 33.1 Å². The van der Waals surface area contributed by atoms with Crippen LogP contribution in [0.4, 0.5) is 0 Å². The second kappa shape index (κ2) is 4.92. The van der Waals surface area contributed by atoms with Crippen molar-refractivity contribution in [1.82, 2.24) is 15.2 Å². The molecule has 3 heteroatoms. The molecular weight excluding hydrogens is 198 g/mol. The van der Waals surface area contributed by atoms with Gasteiger partial charge in [0.25, 0.3) is 0 Å². The molecule has 1 heterocycles. The molecule has 84 valence electrons. The smallest absolute Gasteiger partial charge is 0.181 e. The summed E-state index contributed by atoms with van der Waals surface area (Å²) in [4.78, 5) is 4.31. The number of H-pyrrole nitrogens is 1. The molecule has 0 atom stereocenters. The first-order valence-corrected chi connectivity index (χ1v) is 5.78. The zero-order valence-corrected chi connectivity index (χ0v) is 9.83. The highest BCUT2D eigenvalue weighted by Crippen LogP contribution is 2.16. The predicted octanol–water partition coefficient (Wildman–Crippen LogP) is 3.12. The second-order valence-corrected chi connectivity index (χ2v) is 4.04. The van der Waals surface area contributed by atoms with Crippen molar-refractivity contribution < 1.29 is 0 Å². The van der Waals surface area contributed by atoms with Gasteiger partial charge in [0.2, 0.25) is 0 Å². The van der Waals surface area contributed by atoms with E-state index in [1.165, 1.54) is 18.4 Å². The third kappa shape index (κ3) is 2.48. The van der Waals surface area contributed by atoms with Crippen molar-refractivity contribution in [2.75, 3.05) is 0 Å². The summed E-state index contributed by atoms with van der Waals surface area (Å²) in [5.74, 6) is 1.63. The first-order valence-electron chi connectivity index (χ1n) is 5.78. The number of nitrogens with one attached hydrogen (secondary N) is 1. The zero-order valence-electron chi connectivity index (χ0n) is 9.83. The van der Waals surface area contributed by atoms with Gasteiger partial charge < -0.3 is 0 Å². The van der Waals surface area contributed by atoms with Gasteiger partial charge in [0, 0.05) is 5.56 Å². The number of hydrogen-bond acceptors (Lipinski definition) is 2. The standard InChI is InChI=1S/C13H17N3/c1-3-4-5-11-6-8-12(9-7-11)13-14-10(2)15-16-13/h6-9H,3-5H2,1-2H3,(H,14,15,16). The third-order valence-electron chi connectivity index (χ3n) is 2.63. The molecule has 0 amide bonds. The number of hydrogen-bond donors (Lipinski definition) is 1. The van der Waals surface area contributed by atoms with Crippen molar-refractivity contribution in [3.63, 3.8) is 0 Å². The fraction of sp³-hybridized carbons (Fsp3) is 0.385. The Morgan fingerprint density at radius 2 is 1.94 bits per heavy atom. The Kier molecular flexibility index (Phi) is 3.34. The zero-order chi connectivity index (χ0) is 11.4. The van der Waals surface area contributed by atoms with Crippen LogP contribution in [-0.4, -0.2) is 15.2 Å². The molecule has 0 fully saturated rings. The normalized spacial score (nSPS) is 10.6. The molecule has 0 unspecified atom stereocenters. The summed E-state index contributed by atoms with van der Waals surface area (Å²) in [6, 6.07) is 8.51. The Morgan fingerprint density at radius 3 is 2.50 bits per heavy atom. The van der Waals surface area contributed by atoms with Crippen molar-refractivity contribution >= 4 is 0 Å². The van der Waals surface area contributed by atoms with E-state index in [0.29, 0.717) is 0 Å². The summed E-state index contributed by atoms with van der Waals surface area (Å²) in [6.07, 6.45) is 3.64. The van der Waals surface area contributed by atoms with Crippen molar-refractivity contribution in [3.05, 3.63) is 35.7 Å². The van der Waals surface area contributed by atoms with Crippen LogP contribution in [-0.2, 0) is 6.42 Å². The van der Waals surface area contributed by atoms with Crippen LogP contribution in [0.2, 0.25) is 0 Å². The number of aromatic amines is 1. The van der Waals surface area contributed by atoms with E-state index in [1.54, 1.807) is 0 Å². The number of nitrogens with zero attached hydrogens (tertiary/aromatic N) is 2. The van der Waals surface area contributed by atoms with Gasteiger partial charge in [0.15, 0.2) is 5.82 Å². The van der Waals surface area contributed by atoms with Crippen LogP contribution in [0, 0.1) is 6.92 Å². The fourth-order valence-electron chi connectivity index (χ4n) is 1.67. The summed E-state index contributed by atoms with van der Waals surface area (Å²) in [5, 5.41) is 7.00. The molecule has 2 aromatic rings. The summed E-state index contributed by atoms with van der Waals surface area (Å²) >= 11 is 0. The monoisotopic (exact) mass is 215 g/mol. The number of unbranched alkanes of at least 4 members (excludes halogenated alkanes) is 1. The second-order valence-electron chi connectivity index (χ2n) is 4.04. The van der Waals surface area contributed by atoms with E-state index < -0.39 is 0 Å². The molecule has 1 N–H and O–H groups in total. The molecule has 0 aliphatic heterocycles. The fourth-order valence-corrected chi connectivity index (χ4v) is 1.67. The Hall–Kier alpha value is -1.64. The molecule has 0 aliphatic carbocycles. The molecular formula is C13H17N3. The molecule has 16 heavy (non-hydrogen) atoms. The highest BCUT2D eigenvalue weighted by atomic mass is 15.2. The first kappa shape index (κ1) is 10.9. The van der Waals surface area contributed by atoms with E-state index in [-0.39, 0.29) is 0 Å². The van der Waals surface area contributed by atoms with Gasteiger partial charge in [-0.1, -0.05) is 37.6 Å². The predicted molar refractivity (Wildman–Crippen MR) is 65.2 cm³/mol. The van der Waals surface area contributed by atoms with Crippen molar-refractivity contribution in [3.8, 4) is 11.4 Å². The van der Waals surface area contributed by atoms with E-state index in [9.17, 15) is 0 Å². The molecule has 1 aromatic heterocycles. The van der Waals surface area contributed by atoms with Gasteiger partial charge in [-0.2, -0.15) is 5.10 Å². The molecule has 0 radical (unpaired) electrons. The quantitative estimate of drug-likeness (QED) is 0.851. The van der Waals surface area contributed by atoms with Gasteiger partial charge in [-0.3, -0.25) is 5.10 Å².